The molecule has 4 rings (SSSR count). The van der Waals surface area contributed by atoms with Gasteiger partial charge < -0.3 is 4.74 Å². The highest BCUT2D eigenvalue weighted by Crippen LogP contribution is 2.29. The van der Waals surface area contributed by atoms with Gasteiger partial charge in [0.25, 0.3) is 11.8 Å². The first-order chi connectivity index (χ1) is 14.9. The van der Waals surface area contributed by atoms with E-state index in [0.717, 1.165) is 5.56 Å². The molecule has 3 aromatic carbocycles. The molecule has 31 heavy (non-hydrogen) atoms. The van der Waals surface area contributed by atoms with Crippen LogP contribution in [0.5, 0.6) is 5.75 Å². The molecule has 1 saturated heterocycles. The molecule has 0 atom stereocenters. The van der Waals surface area contributed by atoms with Gasteiger partial charge in [0.1, 0.15) is 17.9 Å². The molecule has 1 aliphatic heterocycles. The number of nitrogens with zero attached hydrogens (tertiary/aromatic N) is 1. The second-order valence-corrected chi connectivity index (χ2v) is 7.96. The third-order valence-electron chi connectivity index (χ3n) is 4.58. The molecule has 0 bridgehead atoms. The Labute approximate surface area is 193 Å². The van der Waals surface area contributed by atoms with Crippen molar-refractivity contribution in [2.24, 2.45) is 0 Å². The van der Waals surface area contributed by atoms with Crippen molar-refractivity contribution in [3.05, 3.63) is 98.5 Å². The van der Waals surface area contributed by atoms with E-state index in [-0.39, 0.29) is 12.2 Å². The number of rotatable bonds is 5. The lowest BCUT2D eigenvalue weighted by molar-refractivity contribution is -0.117. The van der Waals surface area contributed by atoms with Crippen LogP contribution in [-0.2, 0) is 16.2 Å². The molecule has 1 N–H and O–H groups in total. The van der Waals surface area contributed by atoms with E-state index in [4.69, 9.17) is 39.5 Å². The number of hydrogen-bond donors (Lipinski definition) is 1. The van der Waals surface area contributed by atoms with Crippen molar-refractivity contribution < 1.29 is 14.3 Å². The number of anilines is 1. The van der Waals surface area contributed by atoms with Crippen molar-refractivity contribution in [2.45, 2.75) is 6.61 Å². The van der Waals surface area contributed by atoms with E-state index in [2.05, 4.69) is 5.43 Å². The molecule has 1 heterocycles. The predicted octanol–water partition coefficient (Wildman–Crippen LogP) is 5.69. The minimum absolute atomic E-state index is 0.0273. The number of amides is 2. The van der Waals surface area contributed by atoms with Crippen LogP contribution in [0.3, 0.4) is 0 Å². The van der Waals surface area contributed by atoms with Gasteiger partial charge in [-0.2, -0.15) is 0 Å². The highest BCUT2D eigenvalue weighted by molar-refractivity contribution is 6.35. The lowest BCUT2D eigenvalue weighted by Crippen LogP contribution is -2.35. The van der Waals surface area contributed by atoms with Crippen LogP contribution >= 0.6 is 34.8 Å². The second-order valence-electron chi connectivity index (χ2n) is 6.68. The van der Waals surface area contributed by atoms with Gasteiger partial charge in [-0.25, -0.2) is 5.01 Å². The number of hydrogen-bond acceptors (Lipinski definition) is 3. The van der Waals surface area contributed by atoms with E-state index in [1.54, 1.807) is 60.7 Å². The standard InChI is InChI=1S/C23H15Cl3N2O3/c24-16-8-9-21(31-13-14-6-7-17(25)12-20(14)26)15(10-16)11-19-22(29)27-28(23(19)30)18-4-2-1-3-5-18/h1-12H,13H2,(H,27,29). The van der Waals surface area contributed by atoms with Crippen molar-refractivity contribution >= 4 is 58.4 Å². The molecule has 156 valence electrons. The zero-order valence-electron chi connectivity index (χ0n) is 15.9. The Balaban J connectivity index is 1.62. The first kappa shape index (κ1) is 21.2. The molecule has 3 aromatic rings. The van der Waals surface area contributed by atoms with E-state index in [1.807, 2.05) is 6.07 Å². The van der Waals surface area contributed by atoms with Crippen LogP contribution in [0.15, 0.2) is 72.3 Å². The average molecular weight is 474 g/mol. The summed E-state index contributed by atoms with van der Waals surface area (Å²) >= 11 is 18.3. The fraction of sp³-hybridized carbons (Fsp3) is 0.0435. The third kappa shape index (κ3) is 4.69. The molecule has 1 aliphatic rings. The number of ether oxygens (including phenoxy) is 1. The summed E-state index contributed by atoms with van der Waals surface area (Å²) in [5.41, 5.74) is 4.33. The van der Waals surface area contributed by atoms with Crippen molar-refractivity contribution in [3.8, 4) is 5.75 Å². The lowest BCUT2D eigenvalue weighted by Gasteiger charge is -2.14. The van der Waals surface area contributed by atoms with Crippen molar-refractivity contribution in [1.82, 2.24) is 5.43 Å². The van der Waals surface area contributed by atoms with Crippen LogP contribution in [0.1, 0.15) is 11.1 Å². The van der Waals surface area contributed by atoms with Crippen LogP contribution in [0.2, 0.25) is 15.1 Å². The molecule has 0 spiro atoms. The maximum atomic E-state index is 12.8. The van der Waals surface area contributed by atoms with Crippen LogP contribution in [-0.4, -0.2) is 11.8 Å². The van der Waals surface area contributed by atoms with E-state index in [0.29, 0.717) is 32.1 Å². The number of nitrogens with one attached hydrogen (secondary N) is 1. The number of hydrazine groups is 1. The SMILES string of the molecule is O=C1NN(c2ccccc2)C(=O)C1=Cc1cc(Cl)ccc1OCc1ccc(Cl)cc1Cl. The number of benzene rings is 3. The monoisotopic (exact) mass is 472 g/mol. The van der Waals surface area contributed by atoms with Gasteiger partial charge in [-0.15, -0.1) is 0 Å². The van der Waals surface area contributed by atoms with Crippen molar-refractivity contribution in [1.29, 1.82) is 0 Å². The Morgan fingerprint density at radius 1 is 0.903 bits per heavy atom. The summed E-state index contributed by atoms with van der Waals surface area (Å²) in [5.74, 6) is -0.537. The van der Waals surface area contributed by atoms with Crippen LogP contribution in [0, 0.1) is 0 Å². The fourth-order valence-corrected chi connectivity index (χ4v) is 3.67. The summed E-state index contributed by atoms with van der Waals surface area (Å²) in [4.78, 5) is 25.3. The first-order valence-corrected chi connectivity index (χ1v) is 10.3. The molecular formula is C23H15Cl3N2O3. The molecule has 8 heteroatoms. The molecule has 0 saturated carbocycles. The van der Waals surface area contributed by atoms with Gasteiger partial charge in [-0.3, -0.25) is 15.0 Å². The van der Waals surface area contributed by atoms with E-state index < -0.39 is 11.8 Å². The minimum atomic E-state index is -0.513. The molecule has 1 fully saturated rings. The molecule has 5 nitrogen and oxygen atoms in total. The minimum Gasteiger partial charge on any atom is -0.488 e. The largest absolute Gasteiger partial charge is 0.488 e. The summed E-state index contributed by atoms with van der Waals surface area (Å²) in [7, 11) is 0. The molecule has 0 unspecified atom stereocenters. The molecular weight excluding hydrogens is 459 g/mol. The Morgan fingerprint density at radius 3 is 2.35 bits per heavy atom. The van der Waals surface area contributed by atoms with Gasteiger partial charge >= 0.3 is 0 Å². The van der Waals surface area contributed by atoms with Gasteiger partial charge in [0, 0.05) is 26.2 Å². The van der Waals surface area contributed by atoms with Crippen molar-refractivity contribution in [2.75, 3.05) is 5.01 Å². The van der Waals surface area contributed by atoms with Crippen LogP contribution in [0.4, 0.5) is 5.69 Å². The number of halogens is 3. The van der Waals surface area contributed by atoms with Gasteiger partial charge in [0.15, 0.2) is 0 Å². The Bertz CT molecular complexity index is 1200. The fourth-order valence-electron chi connectivity index (χ4n) is 3.03. The topological polar surface area (TPSA) is 58.6 Å². The van der Waals surface area contributed by atoms with E-state index >= 15 is 0 Å². The van der Waals surface area contributed by atoms with E-state index in [9.17, 15) is 9.59 Å². The number of carbonyl (C=O) groups excluding carboxylic acids is 2. The first-order valence-electron chi connectivity index (χ1n) is 9.21. The Kier molecular flexibility index (Phi) is 6.18. The summed E-state index contributed by atoms with van der Waals surface area (Å²) in [6, 6.07) is 18.9. The van der Waals surface area contributed by atoms with Crippen molar-refractivity contribution in [3.63, 3.8) is 0 Å². The number of para-hydroxylation sites is 1. The van der Waals surface area contributed by atoms with Crippen LogP contribution in [0.25, 0.3) is 6.08 Å². The summed E-state index contributed by atoms with van der Waals surface area (Å²) < 4.78 is 5.90. The molecule has 0 aromatic heterocycles. The Morgan fingerprint density at radius 2 is 1.61 bits per heavy atom. The molecule has 0 aliphatic carbocycles. The van der Waals surface area contributed by atoms with Gasteiger partial charge in [0.05, 0.1) is 5.69 Å². The highest BCUT2D eigenvalue weighted by Gasteiger charge is 2.34. The Hall–Kier alpha value is -2.99. The smallest absolute Gasteiger partial charge is 0.282 e. The predicted molar refractivity (Wildman–Crippen MR) is 122 cm³/mol. The van der Waals surface area contributed by atoms with Crippen LogP contribution < -0.4 is 15.2 Å². The van der Waals surface area contributed by atoms with Gasteiger partial charge in [-0.1, -0.05) is 59.1 Å². The second kappa shape index (κ2) is 9.02. The maximum Gasteiger partial charge on any atom is 0.282 e. The molecule has 0 radical (unpaired) electrons. The lowest BCUT2D eigenvalue weighted by atomic mass is 10.1. The number of carbonyl (C=O) groups is 2. The summed E-state index contributed by atoms with van der Waals surface area (Å²) in [6.07, 6.45) is 1.46. The van der Waals surface area contributed by atoms with Gasteiger partial charge in [0.2, 0.25) is 0 Å². The zero-order chi connectivity index (χ0) is 22.0. The zero-order valence-corrected chi connectivity index (χ0v) is 18.2. The maximum absolute atomic E-state index is 12.8. The highest BCUT2D eigenvalue weighted by atomic mass is 35.5. The van der Waals surface area contributed by atoms with E-state index in [1.165, 1.54) is 11.1 Å². The summed E-state index contributed by atoms with van der Waals surface area (Å²) in [5, 5.41) is 2.64. The quantitative estimate of drug-likeness (QED) is 0.383. The summed E-state index contributed by atoms with van der Waals surface area (Å²) in [6.45, 7) is 0.171. The third-order valence-corrected chi connectivity index (χ3v) is 5.40. The average Bonchev–Trinajstić information content (AvgIpc) is 3.03. The van der Waals surface area contributed by atoms with Gasteiger partial charge in [-0.05, 0) is 48.5 Å². The molecule has 2 amide bonds. The normalized spacial score (nSPS) is 14.8.